The van der Waals surface area contributed by atoms with E-state index in [0.717, 1.165) is 49.9 Å². The smallest absolute Gasteiger partial charge is 0.258 e. The average molecular weight is 351 g/mol. The summed E-state index contributed by atoms with van der Waals surface area (Å²) in [7, 11) is 2.02. The van der Waals surface area contributed by atoms with Crippen molar-refractivity contribution in [2.45, 2.75) is 25.7 Å². The molecule has 0 radical (unpaired) electrons. The Morgan fingerprint density at radius 1 is 1.29 bits per heavy atom. The lowest BCUT2D eigenvalue weighted by Gasteiger charge is -2.31. The van der Waals surface area contributed by atoms with Crippen molar-refractivity contribution in [3.05, 3.63) is 40.4 Å². The molecule has 1 fully saturated rings. The molecule has 1 aliphatic rings. The topological polar surface area (TPSA) is 61.0 Å². The van der Waals surface area contributed by atoms with Gasteiger partial charge in [-0.25, -0.2) is 4.98 Å². The number of hydrogen-bond donors (Lipinski definition) is 2. The molecule has 2 N–H and O–H groups in total. The summed E-state index contributed by atoms with van der Waals surface area (Å²) in [6.07, 6.45) is 4.65. The Labute approximate surface area is 149 Å². The number of para-hydroxylation sites is 1. The lowest BCUT2D eigenvalue weighted by molar-refractivity contribution is 0.180. The number of hydrogen-bond acceptors (Lipinski definition) is 4. The van der Waals surface area contributed by atoms with Crippen molar-refractivity contribution in [1.82, 2.24) is 20.2 Å². The second kappa shape index (κ2) is 9.16. The Balaban J connectivity index is 0.00000208. The number of benzene rings is 1. The van der Waals surface area contributed by atoms with Crippen LogP contribution in [0.3, 0.4) is 0 Å². The van der Waals surface area contributed by atoms with E-state index in [0.29, 0.717) is 5.39 Å². The molecule has 1 saturated heterocycles. The Morgan fingerprint density at radius 3 is 2.79 bits per heavy atom. The van der Waals surface area contributed by atoms with Crippen LogP contribution in [0.4, 0.5) is 0 Å². The predicted octanol–water partition coefficient (Wildman–Crippen LogP) is 2.21. The van der Waals surface area contributed by atoms with Gasteiger partial charge in [0, 0.05) is 13.0 Å². The van der Waals surface area contributed by atoms with Gasteiger partial charge in [0.1, 0.15) is 5.82 Å². The minimum absolute atomic E-state index is 0. The first-order chi connectivity index (χ1) is 11.3. The fourth-order valence-electron chi connectivity index (χ4n) is 3.36. The fourth-order valence-corrected chi connectivity index (χ4v) is 3.36. The second-order valence-electron chi connectivity index (χ2n) is 6.46. The molecule has 0 spiro atoms. The van der Waals surface area contributed by atoms with Gasteiger partial charge >= 0.3 is 0 Å². The first kappa shape index (κ1) is 18.9. The molecule has 1 aliphatic heterocycles. The van der Waals surface area contributed by atoms with Gasteiger partial charge in [0.25, 0.3) is 5.56 Å². The molecular weight excluding hydrogens is 324 g/mol. The third-order valence-electron chi connectivity index (χ3n) is 4.84. The normalized spacial score (nSPS) is 16.2. The zero-order chi connectivity index (χ0) is 16.1. The number of nitrogens with zero attached hydrogens (tertiary/aromatic N) is 2. The highest BCUT2D eigenvalue weighted by molar-refractivity contribution is 5.85. The van der Waals surface area contributed by atoms with E-state index in [-0.39, 0.29) is 18.0 Å². The van der Waals surface area contributed by atoms with Gasteiger partial charge in [-0.1, -0.05) is 12.1 Å². The number of rotatable bonds is 6. The number of nitrogens with one attached hydrogen (secondary N) is 2. The maximum atomic E-state index is 12.1. The van der Waals surface area contributed by atoms with Gasteiger partial charge in [-0.2, -0.15) is 0 Å². The van der Waals surface area contributed by atoms with Crippen molar-refractivity contribution < 1.29 is 0 Å². The van der Waals surface area contributed by atoms with E-state index < -0.39 is 0 Å². The predicted molar refractivity (Wildman–Crippen MR) is 101 cm³/mol. The average Bonchev–Trinajstić information content (AvgIpc) is 2.59. The van der Waals surface area contributed by atoms with Crippen molar-refractivity contribution in [3.8, 4) is 0 Å². The third-order valence-corrected chi connectivity index (χ3v) is 4.84. The van der Waals surface area contributed by atoms with Crippen LogP contribution in [0.1, 0.15) is 25.1 Å². The van der Waals surface area contributed by atoms with Crippen molar-refractivity contribution in [1.29, 1.82) is 0 Å². The summed E-state index contributed by atoms with van der Waals surface area (Å²) in [5.74, 6) is 1.66. The molecule has 6 heteroatoms. The van der Waals surface area contributed by atoms with Crippen LogP contribution < -0.4 is 10.9 Å². The molecule has 2 aromatic rings. The van der Waals surface area contributed by atoms with Crippen LogP contribution in [0, 0.1) is 5.92 Å². The number of piperidine rings is 1. The molecule has 1 aromatic carbocycles. The maximum Gasteiger partial charge on any atom is 0.258 e. The molecule has 0 amide bonds. The van der Waals surface area contributed by atoms with E-state index in [1.54, 1.807) is 0 Å². The second-order valence-corrected chi connectivity index (χ2v) is 6.46. The highest BCUT2D eigenvalue weighted by atomic mass is 35.5. The summed E-state index contributed by atoms with van der Waals surface area (Å²) >= 11 is 0. The molecule has 2 heterocycles. The van der Waals surface area contributed by atoms with Crippen LogP contribution in [0.15, 0.2) is 29.1 Å². The maximum absolute atomic E-state index is 12.1. The van der Waals surface area contributed by atoms with E-state index in [2.05, 4.69) is 20.2 Å². The van der Waals surface area contributed by atoms with Gasteiger partial charge in [0.2, 0.25) is 0 Å². The molecule has 5 nitrogen and oxygen atoms in total. The zero-order valence-corrected chi connectivity index (χ0v) is 15.1. The van der Waals surface area contributed by atoms with E-state index >= 15 is 0 Å². The zero-order valence-electron chi connectivity index (χ0n) is 14.3. The molecule has 0 unspecified atom stereocenters. The van der Waals surface area contributed by atoms with Crippen LogP contribution >= 0.6 is 12.4 Å². The Morgan fingerprint density at radius 2 is 2.04 bits per heavy atom. The molecule has 0 bridgehead atoms. The molecule has 0 atom stereocenters. The molecule has 1 aromatic heterocycles. The Bertz CT molecular complexity index is 695. The summed E-state index contributed by atoms with van der Waals surface area (Å²) in [6.45, 7) is 4.41. The van der Waals surface area contributed by atoms with Crippen LogP contribution in [0.5, 0.6) is 0 Å². The summed E-state index contributed by atoms with van der Waals surface area (Å²) in [5.41, 5.74) is 0.758. The summed E-state index contributed by atoms with van der Waals surface area (Å²) in [6, 6.07) is 7.52. The van der Waals surface area contributed by atoms with E-state index in [1.807, 2.05) is 31.3 Å². The van der Waals surface area contributed by atoms with E-state index in [1.165, 1.54) is 19.3 Å². The van der Waals surface area contributed by atoms with Crippen molar-refractivity contribution in [2.24, 2.45) is 5.92 Å². The number of likely N-dealkylation sites (tertiary alicyclic amines) is 1. The lowest BCUT2D eigenvalue weighted by Crippen LogP contribution is -2.36. The third kappa shape index (κ3) is 4.79. The molecule has 132 valence electrons. The van der Waals surface area contributed by atoms with Crippen LogP contribution in [0.25, 0.3) is 10.9 Å². The van der Waals surface area contributed by atoms with E-state index in [4.69, 9.17) is 0 Å². The van der Waals surface area contributed by atoms with Crippen molar-refractivity contribution in [2.75, 3.05) is 33.2 Å². The van der Waals surface area contributed by atoms with Crippen LogP contribution in [0.2, 0.25) is 0 Å². The SMILES string of the molecule is CNCCC1CCN(CCc2nc3ccccc3c(=O)[nH]2)CC1.Cl. The number of aromatic nitrogens is 2. The van der Waals surface area contributed by atoms with Gasteiger partial charge in [-0.3, -0.25) is 4.79 Å². The minimum atomic E-state index is -0.0311. The van der Waals surface area contributed by atoms with Gasteiger partial charge in [0.15, 0.2) is 0 Å². The summed E-state index contributed by atoms with van der Waals surface area (Å²) in [4.78, 5) is 22.1. The lowest BCUT2D eigenvalue weighted by atomic mass is 9.93. The first-order valence-corrected chi connectivity index (χ1v) is 8.61. The highest BCUT2D eigenvalue weighted by Crippen LogP contribution is 2.20. The number of aromatic amines is 1. The fraction of sp³-hybridized carbons (Fsp3) is 0.556. The van der Waals surface area contributed by atoms with Crippen LogP contribution in [-0.4, -0.2) is 48.1 Å². The largest absolute Gasteiger partial charge is 0.320 e. The Kier molecular flexibility index (Phi) is 7.21. The quantitative estimate of drug-likeness (QED) is 0.838. The van der Waals surface area contributed by atoms with E-state index in [9.17, 15) is 4.79 Å². The number of fused-ring (bicyclic) bond motifs is 1. The Hall–Kier alpha value is -1.43. The summed E-state index contributed by atoms with van der Waals surface area (Å²) in [5, 5.41) is 3.91. The number of H-pyrrole nitrogens is 1. The van der Waals surface area contributed by atoms with Crippen LogP contribution in [-0.2, 0) is 6.42 Å². The van der Waals surface area contributed by atoms with Gasteiger partial charge in [-0.15, -0.1) is 12.4 Å². The van der Waals surface area contributed by atoms with Gasteiger partial charge in [0.05, 0.1) is 10.9 Å². The molecular formula is C18H27ClN4O. The molecule has 0 aliphatic carbocycles. The summed E-state index contributed by atoms with van der Waals surface area (Å²) < 4.78 is 0. The first-order valence-electron chi connectivity index (χ1n) is 8.61. The number of halogens is 1. The molecule has 0 saturated carbocycles. The standard InChI is InChI=1S/C18H26N4O.ClH/c1-19-10-6-14-7-11-22(12-8-14)13-9-17-20-16-5-3-2-4-15(16)18(23)21-17;/h2-5,14,19H,6-13H2,1H3,(H,20,21,23);1H. The highest BCUT2D eigenvalue weighted by Gasteiger charge is 2.18. The monoisotopic (exact) mass is 350 g/mol. The van der Waals surface area contributed by atoms with Gasteiger partial charge in [-0.05, 0) is 64.0 Å². The minimum Gasteiger partial charge on any atom is -0.320 e. The van der Waals surface area contributed by atoms with Gasteiger partial charge < -0.3 is 15.2 Å². The molecule has 3 rings (SSSR count). The van der Waals surface area contributed by atoms with Crippen molar-refractivity contribution in [3.63, 3.8) is 0 Å². The molecule has 24 heavy (non-hydrogen) atoms. The van der Waals surface area contributed by atoms with Crippen molar-refractivity contribution >= 4 is 23.3 Å².